The molecule has 4 saturated carbocycles. The van der Waals surface area contributed by atoms with E-state index in [-0.39, 0.29) is 51.5 Å². The molecule has 1 heterocycles. The first-order chi connectivity index (χ1) is 17.5. The third kappa shape index (κ3) is 2.66. The zero-order valence-electron chi connectivity index (χ0n) is 24.3. The average molecular weight is 522 g/mol. The molecule has 6 rings (SSSR count). The number of ether oxygens (including phenoxy) is 2. The fraction of sp³-hybridized carbons (Fsp3) is 0.812. The first-order valence-electron chi connectivity index (χ1n) is 14.5. The highest BCUT2D eigenvalue weighted by molar-refractivity contribution is 6.01. The van der Waals surface area contributed by atoms with Crippen LogP contribution in [0.15, 0.2) is 11.6 Å². The molecule has 5 aliphatic carbocycles. The van der Waals surface area contributed by atoms with Crippen LogP contribution in [0.1, 0.15) is 93.4 Å². The lowest BCUT2D eigenvalue weighted by molar-refractivity contribution is -0.192. The van der Waals surface area contributed by atoms with E-state index < -0.39 is 27.9 Å². The van der Waals surface area contributed by atoms with Crippen LogP contribution < -0.4 is 0 Å². The van der Waals surface area contributed by atoms with Crippen LogP contribution >= 0.6 is 0 Å². The number of rotatable bonds is 1. The standard InChI is InChI=1S/C32H43NO5/c1-26(2)11-13-31(25(36)37-8)14-12-29(6)22(18(31)16-26)19(34)15-21-28(29,5)10-9-20-27(3,4)23(35)32(17-33)24(38-32)30(20,21)7/h15,18,20,22,24H,9-14,16H2,1-8H3/t18?,20-,22?,24-,28+,29+,30-,31-,32+/m0/s1. The number of fused-ring (bicyclic) bond motifs is 9. The summed E-state index contributed by atoms with van der Waals surface area (Å²) in [6.45, 7) is 15.2. The topological polar surface area (TPSA) is 96.8 Å². The van der Waals surface area contributed by atoms with Gasteiger partial charge in [0.2, 0.25) is 5.60 Å². The van der Waals surface area contributed by atoms with E-state index in [0.717, 1.165) is 50.5 Å². The van der Waals surface area contributed by atoms with E-state index >= 15 is 0 Å². The Hall–Kier alpha value is -2.00. The molecule has 6 nitrogen and oxygen atoms in total. The van der Waals surface area contributed by atoms with Gasteiger partial charge < -0.3 is 9.47 Å². The van der Waals surface area contributed by atoms with E-state index in [1.165, 1.54) is 7.11 Å². The Kier molecular flexibility index (Phi) is 4.97. The van der Waals surface area contributed by atoms with Gasteiger partial charge in [0.05, 0.1) is 12.5 Å². The SMILES string of the molecule is COC(=O)[C@]12CCC(C)(C)CC1C1C(=O)C=C3[C@]4(C)[C@@H](CC[C@@]3(C)[C@]1(C)CC2)C(C)(C)C(=O)[C@@]1(C#N)O[C@@H]41. The molecule has 38 heavy (non-hydrogen) atoms. The minimum absolute atomic E-state index is 0.00452. The Morgan fingerprint density at radius 2 is 1.68 bits per heavy atom. The number of hydrogen-bond donors (Lipinski definition) is 0. The Balaban J connectivity index is 1.52. The van der Waals surface area contributed by atoms with Gasteiger partial charge in [-0.05, 0) is 79.1 Å². The third-order valence-corrected chi connectivity index (χ3v) is 13.3. The molecule has 0 bridgehead atoms. The summed E-state index contributed by atoms with van der Waals surface area (Å²) in [6.07, 6.45) is 7.16. The second kappa shape index (κ2) is 7.19. The highest BCUT2D eigenvalue weighted by atomic mass is 16.6. The number of methoxy groups -OCH3 is 1. The van der Waals surface area contributed by atoms with Crippen molar-refractivity contribution in [2.75, 3.05) is 7.11 Å². The van der Waals surface area contributed by atoms with Crippen molar-refractivity contribution < 1.29 is 23.9 Å². The van der Waals surface area contributed by atoms with Crippen LogP contribution in [0.4, 0.5) is 0 Å². The van der Waals surface area contributed by atoms with E-state index in [1.807, 2.05) is 19.9 Å². The minimum atomic E-state index is -1.41. The molecule has 5 fully saturated rings. The van der Waals surface area contributed by atoms with Gasteiger partial charge in [0.1, 0.15) is 12.2 Å². The average Bonchev–Trinajstić information content (AvgIpc) is 3.61. The summed E-state index contributed by atoms with van der Waals surface area (Å²) in [5.41, 5.74) is -2.83. The first-order valence-corrected chi connectivity index (χ1v) is 14.5. The Labute approximate surface area is 226 Å². The summed E-state index contributed by atoms with van der Waals surface area (Å²) in [6, 6.07) is 2.24. The van der Waals surface area contributed by atoms with Crippen molar-refractivity contribution in [2.24, 2.45) is 50.2 Å². The highest BCUT2D eigenvalue weighted by Crippen LogP contribution is 2.77. The number of ketones is 2. The molecule has 0 aromatic rings. The maximum atomic E-state index is 14.5. The molecule has 1 aliphatic heterocycles. The second-order valence-corrected chi connectivity index (χ2v) is 15.6. The van der Waals surface area contributed by atoms with Crippen LogP contribution in [0, 0.1) is 61.6 Å². The molecule has 0 N–H and O–H groups in total. The number of nitriles is 1. The van der Waals surface area contributed by atoms with Gasteiger partial charge in [-0.3, -0.25) is 14.4 Å². The van der Waals surface area contributed by atoms with Crippen molar-refractivity contribution in [3.63, 3.8) is 0 Å². The van der Waals surface area contributed by atoms with Gasteiger partial charge in [-0.1, -0.05) is 54.0 Å². The summed E-state index contributed by atoms with van der Waals surface area (Å²) < 4.78 is 11.5. The zero-order chi connectivity index (χ0) is 27.9. The molecule has 0 amide bonds. The van der Waals surface area contributed by atoms with Gasteiger partial charge in [-0.2, -0.15) is 5.26 Å². The lowest BCUT2D eigenvalue weighted by Gasteiger charge is -2.69. The summed E-state index contributed by atoms with van der Waals surface area (Å²) in [5, 5.41) is 10.1. The van der Waals surface area contributed by atoms with Gasteiger partial charge >= 0.3 is 5.97 Å². The second-order valence-electron chi connectivity index (χ2n) is 15.6. The Morgan fingerprint density at radius 1 is 1.03 bits per heavy atom. The Morgan fingerprint density at radius 3 is 2.32 bits per heavy atom. The number of allylic oxidation sites excluding steroid dienone is 1. The zero-order valence-corrected chi connectivity index (χ0v) is 24.3. The van der Waals surface area contributed by atoms with Gasteiger partial charge in [-0.15, -0.1) is 0 Å². The maximum Gasteiger partial charge on any atom is 0.312 e. The van der Waals surface area contributed by atoms with Crippen molar-refractivity contribution in [1.82, 2.24) is 0 Å². The molecule has 1 saturated heterocycles. The largest absolute Gasteiger partial charge is 0.469 e. The molecule has 2 unspecified atom stereocenters. The molecule has 6 heteroatoms. The van der Waals surface area contributed by atoms with Crippen molar-refractivity contribution >= 4 is 17.5 Å². The van der Waals surface area contributed by atoms with E-state index in [9.17, 15) is 19.6 Å². The first kappa shape index (κ1) is 26.2. The van der Waals surface area contributed by atoms with Crippen molar-refractivity contribution in [3.05, 3.63) is 11.6 Å². The summed E-state index contributed by atoms with van der Waals surface area (Å²) in [7, 11) is 1.48. The highest BCUT2D eigenvalue weighted by Gasteiger charge is 2.82. The molecular formula is C32H43NO5. The predicted octanol–water partition coefficient (Wildman–Crippen LogP) is 5.59. The summed E-state index contributed by atoms with van der Waals surface area (Å²) >= 11 is 0. The summed E-state index contributed by atoms with van der Waals surface area (Å²) in [5.74, 6) is -0.486. The molecule has 0 aromatic carbocycles. The quantitative estimate of drug-likeness (QED) is 0.330. The molecule has 6 aliphatic rings. The molecule has 0 aromatic heterocycles. The molecule has 0 radical (unpaired) electrons. The van der Waals surface area contributed by atoms with E-state index in [0.29, 0.717) is 0 Å². The molecular weight excluding hydrogens is 478 g/mol. The Bertz CT molecular complexity index is 1240. The number of hydrogen-bond acceptors (Lipinski definition) is 6. The summed E-state index contributed by atoms with van der Waals surface area (Å²) in [4.78, 5) is 41.4. The van der Waals surface area contributed by atoms with Gasteiger partial charge in [-0.25, -0.2) is 0 Å². The van der Waals surface area contributed by atoms with Crippen molar-refractivity contribution in [2.45, 2.75) is 105 Å². The number of nitrogens with zero attached hydrogens (tertiary/aromatic N) is 1. The monoisotopic (exact) mass is 521 g/mol. The van der Waals surface area contributed by atoms with Crippen molar-refractivity contribution in [3.8, 4) is 6.07 Å². The maximum absolute atomic E-state index is 14.5. The van der Waals surface area contributed by atoms with Gasteiger partial charge in [0.25, 0.3) is 0 Å². The lowest BCUT2D eigenvalue weighted by atomic mass is 9.33. The van der Waals surface area contributed by atoms with E-state index in [1.54, 1.807) is 0 Å². The minimum Gasteiger partial charge on any atom is -0.469 e. The lowest BCUT2D eigenvalue weighted by Crippen LogP contribution is -2.68. The van der Waals surface area contributed by atoms with E-state index in [2.05, 4.69) is 40.7 Å². The number of Topliss-reactive ketones (excluding diaryl/α,β-unsaturated/α-hetero) is 1. The fourth-order valence-electron chi connectivity index (χ4n) is 11.0. The van der Waals surface area contributed by atoms with Crippen LogP contribution in [0.2, 0.25) is 0 Å². The smallest absolute Gasteiger partial charge is 0.312 e. The normalized spacial score (nSPS) is 51.6. The van der Waals surface area contributed by atoms with Crippen LogP contribution in [0.5, 0.6) is 0 Å². The molecule has 9 atom stereocenters. The number of carbonyl (C=O) groups is 3. The predicted molar refractivity (Wildman–Crippen MR) is 140 cm³/mol. The van der Waals surface area contributed by atoms with Crippen LogP contribution in [0.25, 0.3) is 0 Å². The molecule has 0 spiro atoms. The van der Waals surface area contributed by atoms with Gasteiger partial charge in [0, 0.05) is 16.7 Å². The van der Waals surface area contributed by atoms with E-state index in [4.69, 9.17) is 9.47 Å². The number of epoxide rings is 1. The third-order valence-electron chi connectivity index (χ3n) is 13.3. The number of carbonyl (C=O) groups excluding carboxylic acids is 3. The molecule has 206 valence electrons. The van der Waals surface area contributed by atoms with Crippen LogP contribution in [0.3, 0.4) is 0 Å². The van der Waals surface area contributed by atoms with Gasteiger partial charge in [0.15, 0.2) is 11.6 Å². The van der Waals surface area contributed by atoms with Crippen molar-refractivity contribution in [1.29, 1.82) is 5.26 Å². The number of esters is 1. The fourth-order valence-corrected chi connectivity index (χ4v) is 11.0. The van der Waals surface area contributed by atoms with Crippen LogP contribution in [-0.4, -0.2) is 36.4 Å². The van der Waals surface area contributed by atoms with Crippen LogP contribution in [-0.2, 0) is 23.9 Å².